The van der Waals surface area contributed by atoms with E-state index >= 15 is 0 Å². The van der Waals surface area contributed by atoms with Crippen LogP contribution in [0.4, 0.5) is 20.2 Å². The van der Waals surface area contributed by atoms with Gasteiger partial charge in [-0.15, -0.1) is 0 Å². The predicted molar refractivity (Wildman–Crippen MR) is 165 cm³/mol. The molecule has 0 atom stereocenters. The molecule has 0 radical (unpaired) electrons. The van der Waals surface area contributed by atoms with Crippen LogP contribution in [0.1, 0.15) is 50.7 Å². The largest absolute Gasteiger partial charge is 0.280 e. The van der Waals surface area contributed by atoms with Crippen LogP contribution in [0.15, 0.2) is 107 Å². The van der Waals surface area contributed by atoms with Gasteiger partial charge < -0.3 is 0 Å². The molecule has 0 aromatic heterocycles. The van der Waals surface area contributed by atoms with Crippen LogP contribution >= 0.6 is 0 Å². The van der Waals surface area contributed by atoms with Gasteiger partial charge in [-0.25, -0.2) is 25.6 Å². The first kappa shape index (κ1) is 32.8. The van der Waals surface area contributed by atoms with Gasteiger partial charge >= 0.3 is 0 Å². The van der Waals surface area contributed by atoms with E-state index in [1.165, 1.54) is 35.4 Å². The molecule has 0 aliphatic rings. The Hall–Kier alpha value is -3.76. The van der Waals surface area contributed by atoms with Crippen LogP contribution in [0.3, 0.4) is 0 Å². The molecule has 0 fully saturated rings. The second-order valence-electron chi connectivity index (χ2n) is 9.72. The summed E-state index contributed by atoms with van der Waals surface area (Å²) >= 11 is 0. The number of halogens is 2. The Kier molecular flexibility index (Phi) is 12.1. The zero-order valence-corrected chi connectivity index (χ0v) is 25.3. The molecule has 6 nitrogen and oxygen atoms in total. The van der Waals surface area contributed by atoms with Gasteiger partial charge in [-0.05, 0) is 110 Å². The number of nitrogens with one attached hydrogen (secondary N) is 2. The molecule has 0 unspecified atom stereocenters. The van der Waals surface area contributed by atoms with Crippen LogP contribution < -0.4 is 9.44 Å². The minimum absolute atomic E-state index is 0.0407. The van der Waals surface area contributed by atoms with Crippen LogP contribution in [0.25, 0.3) is 0 Å². The molecule has 0 aliphatic carbocycles. The van der Waals surface area contributed by atoms with E-state index in [0.29, 0.717) is 11.4 Å². The average molecular weight is 615 g/mol. The molecule has 0 spiro atoms. The zero-order valence-electron chi connectivity index (χ0n) is 23.7. The SMILES string of the molecule is CCCCc1ccc(NS(=O)(=O)c2ccc(F)cc2)cc1.CCCCc1ccc(NS(=O)(=O)c2ccc(F)cc2)cc1. The van der Waals surface area contributed by atoms with Gasteiger partial charge in [-0.2, -0.15) is 0 Å². The van der Waals surface area contributed by atoms with E-state index in [9.17, 15) is 25.6 Å². The van der Waals surface area contributed by atoms with Gasteiger partial charge in [0.05, 0.1) is 9.79 Å². The highest BCUT2D eigenvalue weighted by Crippen LogP contribution is 2.19. The quantitative estimate of drug-likeness (QED) is 0.169. The van der Waals surface area contributed by atoms with Crippen LogP contribution in [-0.2, 0) is 32.9 Å². The maximum absolute atomic E-state index is 12.8. The maximum atomic E-state index is 12.8. The molecule has 0 amide bonds. The normalized spacial score (nSPS) is 11.3. The predicted octanol–water partition coefficient (Wildman–Crippen LogP) is 7.94. The van der Waals surface area contributed by atoms with E-state index < -0.39 is 31.7 Å². The molecule has 4 aromatic carbocycles. The second-order valence-corrected chi connectivity index (χ2v) is 13.1. The van der Waals surface area contributed by atoms with E-state index in [2.05, 4.69) is 23.3 Å². The summed E-state index contributed by atoms with van der Waals surface area (Å²) in [4.78, 5) is 0.0814. The Bertz CT molecular complexity index is 1480. The summed E-state index contributed by atoms with van der Waals surface area (Å²) in [5, 5.41) is 0. The molecule has 0 bridgehead atoms. The minimum Gasteiger partial charge on any atom is -0.280 e. The summed E-state index contributed by atoms with van der Waals surface area (Å²) in [5.74, 6) is -0.927. The monoisotopic (exact) mass is 614 g/mol. The molecule has 0 aliphatic heterocycles. The zero-order chi connectivity index (χ0) is 30.6. The van der Waals surface area contributed by atoms with Gasteiger partial charge in [-0.3, -0.25) is 9.44 Å². The topological polar surface area (TPSA) is 92.3 Å². The first-order valence-corrected chi connectivity index (χ1v) is 16.7. The average Bonchev–Trinajstić information content (AvgIpc) is 2.97. The smallest absolute Gasteiger partial charge is 0.261 e. The summed E-state index contributed by atoms with van der Waals surface area (Å²) in [6.07, 6.45) is 6.45. The minimum atomic E-state index is -3.68. The molecule has 0 saturated carbocycles. The van der Waals surface area contributed by atoms with Crippen molar-refractivity contribution in [3.8, 4) is 0 Å². The third kappa shape index (κ3) is 10.3. The number of benzene rings is 4. The van der Waals surface area contributed by atoms with Crippen molar-refractivity contribution in [2.75, 3.05) is 9.44 Å². The molecule has 10 heteroatoms. The number of anilines is 2. The van der Waals surface area contributed by atoms with Gasteiger partial charge in [0.1, 0.15) is 11.6 Å². The lowest BCUT2D eigenvalue weighted by atomic mass is 10.1. The number of unbranched alkanes of at least 4 members (excludes halogenated alkanes) is 2. The number of sulfonamides is 2. The molecule has 224 valence electrons. The van der Waals surface area contributed by atoms with Crippen molar-refractivity contribution in [3.63, 3.8) is 0 Å². The van der Waals surface area contributed by atoms with Crippen LogP contribution in [0.5, 0.6) is 0 Å². The first-order valence-electron chi connectivity index (χ1n) is 13.8. The Morgan fingerprint density at radius 2 is 0.810 bits per heavy atom. The van der Waals surface area contributed by atoms with E-state index in [1.807, 2.05) is 24.3 Å². The number of hydrogen-bond acceptors (Lipinski definition) is 4. The van der Waals surface area contributed by atoms with Crippen LogP contribution in [0.2, 0.25) is 0 Å². The van der Waals surface area contributed by atoms with Crippen LogP contribution in [-0.4, -0.2) is 16.8 Å². The molecule has 4 aromatic rings. The second kappa shape index (κ2) is 15.5. The summed E-state index contributed by atoms with van der Waals surface area (Å²) < 4.78 is 79.2. The van der Waals surface area contributed by atoms with Crippen molar-refractivity contribution in [3.05, 3.63) is 120 Å². The Balaban J connectivity index is 0.000000230. The van der Waals surface area contributed by atoms with Crippen LogP contribution in [0, 0.1) is 11.6 Å². The summed E-state index contributed by atoms with van der Waals surface area (Å²) in [5.41, 5.74) is 3.36. The Labute approximate surface area is 247 Å². The van der Waals surface area contributed by atoms with Gasteiger partial charge in [0.2, 0.25) is 0 Å². The Morgan fingerprint density at radius 3 is 1.10 bits per heavy atom. The molecule has 2 N–H and O–H groups in total. The Morgan fingerprint density at radius 1 is 0.500 bits per heavy atom. The van der Waals surface area contributed by atoms with Crippen molar-refractivity contribution < 1.29 is 25.6 Å². The van der Waals surface area contributed by atoms with E-state index in [1.54, 1.807) is 24.3 Å². The fraction of sp³-hybridized carbons (Fsp3) is 0.250. The van der Waals surface area contributed by atoms with E-state index in [4.69, 9.17) is 0 Å². The number of hydrogen-bond donors (Lipinski definition) is 2. The highest BCUT2D eigenvalue weighted by molar-refractivity contribution is 7.93. The highest BCUT2D eigenvalue weighted by atomic mass is 32.2. The summed E-state index contributed by atoms with van der Waals surface area (Å²) in [7, 11) is -7.35. The van der Waals surface area contributed by atoms with Crippen molar-refractivity contribution in [1.82, 2.24) is 0 Å². The lowest BCUT2D eigenvalue weighted by molar-refractivity contribution is 0.597. The molecular formula is C32H36F2N2O4S2. The van der Waals surface area contributed by atoms with Gasteiger partial charge in [0, 0.05) is 11.4 Å². The molecular weight excluding hydrogens is 578 g/mol. The fourth-order valence-corrected chi connectivity index (χ4v) is 6.01. The highest BCUT2D eigenvalue weighted by Gasteiger charge is 2.15. The first-order chi connectivity index (χ1) is 20.0. The van der Waals surface area contributed by atoms with Gasteiger partial charge in [0.15, 0.2) is 0 Å². The lowest BCUT2D eigenvalue weighted by Gasteiger charge is -2.09. The molecule has 0 saturated heterocycles. The van der Waals surface area contributed by atoms with Crippen molar-refractivity contribution in [2.45, 2.75) is 62.2 Å². The molecule has 4 rings (SSSR count). The van der Waals surface area contributed by atoms with Crippen molar-refractivity contribution >= 4 is 31.4 Å². The molecule has 0 heterocycles. The van der Waals surface area contributed by atoms with Gasteiger partial charge in [0.25, 0.3) is 20.0 Å². The maximum Gasteiger partial charge on any atom is 0.261 e. The molecule has 42 heavy (non-hydrogen) atoms. The fourth-order valence-electron chi connectivity index (χ4n) is 3.90. The van der Waals surface area contributed by atoms with Gasteiger partial charge in [-0.1, -0.05) is 51.0 Å². The van der Waals surface area contributed by atoms with E-state index in [0.717, 1.165) is 62.8 Å². The third-order valence-electron chi connectivity index (χ3n) is 6.30. The summed E-state index contributed by atoms with van der Waals surface area (Å²) in [6, 6.07) is 24.1. The number of aryl methyl sites for hydroxylation is 2. The van der Waals surface area contributed by atoms with Crippen molar-refractivity contribution in [2.24, 2.45) is 0 Å². The lowest BCUT2D eigenvalue weighted by Crippen LogP contribution is -2.12. The summed E-state index contributed by atoms with van der Waals surface area (Å²) in [6.45, 7) is 4.26. The third-order valence-corrected chi connectivity index (χ3v) is 9.09. The van der Waals surface area contributed by atoms with Crippen molar-refractivity contribution in [1.29, 1.82) is 0 Å². The number of rotatable bonds is 12. The standard InChI is InChI=1S/2C16H18FNO2S/c2*1-2-3-4-13-5-9-15(10-6-13)18-21(19,20)16-11-7-14(17)8-12-16/h2*5-12,18H,2-4H2,1H3. The van der Waals surface area contributed by atoms with E-state index in [-0.39, 0.29) is 9.79 Å².